The van der Waals surface area contributed by atoms with E-state index in [0.717, 1.165) is 12.8 Å². The predicted molar refractivity (Wildman–Crippen MR) is 97.9 cm³/mol. The summed E-state index contributed by atoms with van der Waals surface area (Å²) in [5, 5.41) is 3.03. The second-order valence-electron chi connectivity index (χ2n) is 6.69. The van der Waals surface area contributed by atoms with Crippen molar-refractivity contribution in [1.29, 1.82) is 0 Å². The molecule has 0 saturated heterocycles. The van der Waals surface area contributed by atoms with Crippen molar-refractivity contribution in [3.63, 3.8) is 0 Å². The fourth-order valence-corrected chi connectivity index (χ4v) is 2.79. The molecule has 1 unspecified atom stereocenters. The van der Waals surface area contributed by atoms with Gasteiger partial charge in [-0.2, -0.15) is 0 Å². The molecule has 1 amide bonds. The molecule has 0 aromatic rings. The van der Waals surface area contributed by atoms with Crippen molar-refractivity contribution in [1.82, 2.24) is 5.32 Å². The third kappa shape index (κ3) is 15.9. The van der Waals surface area contributed by atoms with Crippen LogP contribution in [0.1, 0.15) is 110 Å². The molecule has 0 aliphatic heterocycles. The number of rotatable bonds is 16. The highest BCUT2D eigenvalue weighted by Crippen LogP contribution is 2.11. The van der Waals surface area contributed by atoms with E-state index in [9.17, 15) is 4.79 Å². The van der Waals surface area contributed by atoms with Crippen LogP contribution in [0.5, 0.6) is 0 Å². The Balaban J connectivity index is 3.31. The molecule has 131 valence electrons. The molecule has 0 aromatic heterocycles. The molecular weight excluding hydrogens is 270 g/mol. The first kappa shape index (κ1) is 21.5. The Morgan fingerprint density at radius 1 is 0.773 bits per heavy atom. The van der Waals surface area contributed by atoms with Crippen molar-refractivity contribution >= 4 is 5.91 Å². The number of carbonyl (C=O) groups excluding carboxylic acids is 1. The lowest BCUT2D eigenvalue weighted by atomic mass is 10.1. The monoisotopic (exact) mass is 310 g/mol. The number of carbonyl (C=O) groups is 1. The number of nitrogens with one attached hydrogen (secondary N) is 1. The summed E-state index contributed by atoms with van der Waals surface area (Å²) < 4.78 is 0. The van der Waals surface area contributed by atoms with E-state index in [1.54, 1.807) is 0 Å². The summed E-state index contributed by atoms with van der Waals surface area (Å²) in [6, 6.07) is 0.0999. The van der Waals surface area contributed by atoms with E-state index >= 15 is 0 Å². The summed E-state index contributed by atoms with van der Waals surface area (Å²) >= 11 is 0. The van der Waals surface area contributed by atoms with Gasteiger partial charge in [-0.1, -0.05) is 90.9 Å². The fraction of sp³-hybridized carbons (Fsp3) is 0.900. The quantitative estimate of drug-likeness (QED) is 0.338. The predicted octanol–water partition coefficient (Wildman–Crippen LogP) is 6.20. The van der Waals surface area contributed by atoms with E-state index in [4.69, 9.17) is 0 Å². The Bertz CT molecular complexity index is 240. The number of unbranched alkanes of at least 4 members (excludes halogenated alkanes) is 11. The molecule has 0 bridgehead atoms. The van der Waals surface area contributed by atoms with Crippen LogP contribution in [-0.4, -0.2) is 11.9 Å². The molecule has 2 nitrogen and oxygen atoms in total. The minimum absolute atomic E-state index is 0.0999. The smallest absolute Gasteiger partial charge is 0.220 e. The molecule has 0 aliphatic rings. The second kappa shape index (κ2) is 16.8. The van der Waals surface area contributed by atoms with Gasteiger partial charge in [0.05, 0.1) is 0 Å². The first-order valence-electron chi connectivity index (χ1n) is 9.83. The van der Waals surface area contributed by atoms with Gasteiger partial charge in [-0.15, -0.1) is 0 Å². The minimum atomic E-state index is 0.0999. The van der Waals surface area contributed by atoms with E-state index in [1.807, 2.05) is 0 Å². The van der Waals surface area contributed by atoms with Crippen molar-refractivity contribution in [3.05, 3.63) is 6.92 Å². The largest absolute Gasteiger partial charge is 0.353 e. The zero-order chi connectivity index (χ0) is 16.5. The third-order valence-electron chi connectivity index (χ3n) is 4.28. The van der Waals surface area contributed by atoms with Gasteiger partial charge < -0.3 is 5.32 Å². The Hall–Kier alpha value is -0.530. The molecule has 1 atom stereocenters. The Kier molecular flexibility index (Phi) is 16.4. The van der Waals surface area contributed by atoms with Crippen molar-refractivity contribution in [3.8, 4) is 0 Å². The van der Waals surface area contributed by atoms with Crippen molar-refractivity contribution in [2.45, 2.75) is 116 Å². The molecule has 1 N–H and O–H groups in total. The Labute approximate surface area is 139 Å². The van der Waals surface area contributed by atoms with Crippen LogP contribution in [0.2, 0.25) is 0 Å². The molecule has 0 fully saturated rings. The third-order valence-corrected chi connectivity index (χ3v) is 4.28. The van der Waals surface area contributed by atoms with Gasteiger partial charge in [0, 0.05) is 12.5 Å². The lowest BCUT2D eigenvalue weighted by Gasteiger charge is -2.13. The molecule has 1 radical (unpaired) electrons. The van der Waals surface area contributed by atoms with E-state index in [0.29, 0.717) is 6.42 Å². The van der Waals surface area contributed by atoms with Gasteiger partial charge in [-0.05, 0) is 19.8 Å². The molecule has 0 spiro atoms. The molecule has 2 heteroatoms. The van der Waals surface area contributed by atoms with Crippen LogP contribution in [0.4, 0.5) is 0 Å². The first-order chi connectivity index (χ1) is 10.7. The van der Waals surface area contributed by atoms with Gasteiger partial charge in [-0.3, -0.25) is 4.79 Å². The van der Waals surface area contributed by atoms with E-state index in [2.05, 4.69) is 26.1 Å². The highest BCUT2D eigenvalue weighted by molar-refractivity contribution is 5.76. The maximum absolute atomic E-state index is 11.8. The molecular formula is C20H40NO. The summed E-state index contributed by atoms with van der Waals surface area (Å²) in [4.78, 5) is 11.8. The van der Waals surface area contributed by atoms with Gasteiger partial charge in [0.15, 0.2) is 0 Å². The second-order valence-corrected chi connectivity index (χ2v) is 6.69. The van der Waals surface area contributed by atoms with Crippen LogP contribution in [0, 0.1) is 6.92 Å². The van der Waals surface area contributed by atoms with Crippen molar-refractivity contribution in [2.24, 2.45) is 0 Å². The van der Waals surface area contributed by atoms with E-state index in [1.165, 1.54) is 77.0 Å². The lowest BCUT2D eigenvalue weighted by molar-refractivity contribution is -0.121. The van der Waals surface area contributed by atoms with Gasteiger partial charge in [0.25, 0.3) is 0 Å². The van der Waals surface area contributed by atoms with Crippen LogP contribution >= 0.6 is 0 Å². The summed E-state index contributed by atoms with van der Waals surface area (Å²) in [5.74, 6) is 0.193. The van der Waals surface area contributed by atoms with Gasteiger partial charge in [0.2, 0.25) is 5.91 Å². The minimum Gasteiger partial charge on any atom is -0.353 e. The average Bonchev–Trinajstić information content (AvgIpc) is 2.50. The molecule has 0 saturated carbocycles. The van der Waals surface area contributed by atoms with E-state index < -0.39 is 0 Å². The zero-order valence-electron chi connectivity index (χ0n) is 15.3. The lowest BCUT2D eigenvalue weighted by Crippen LogP contribution is -2.32. The molecule has 22 heavy (non-hydrogen) atoms. The summed E-state index contributed by atoms with van der Waals surface area (Å²) in [7, 11) is 0. The van der Waals surface area contributed by atoms with Crippen molar-refractivity contribution in [2.75, 3.05) is 0 Å². The molecule has 0 aliphatic carbocycles. The van der Waals surface area contributed by atoms with Gasteiger partial charge in [-0.25, -0.2) is 0 Å². The van der Waals surface area contributed by atoms with Crippen molar-refractivity contribution < 1.29 is 4.79 Å². The molecule has 0 heterocycles. The van der Waals surface area contributed by atoms with Crippen LogP contribution in [0.25, 0.3) is 0 Å². The van der Waals surface area contributed by atoms with Crippen LogP contribution < -0.4 is 5.32 Å². The van der Waals surface area contributed by atoms with Crippen LogP contribution in [-0.2, 0) is 4.79 Å². The zero-order valence-corrected chi connectivity index (χ0v) is 15.3. The van der Waals surface area contributed by atoms with Crippen LogP contribution in [0.15, 0.2) is 0 Å². The first-order valence-corrected chi connectivity index (χ1v) is 9.83. The van der Waals surface area contributed by atoms with E-state index in [-0.39, 0.29) is 11.9 Å². The highest BCUT2D eigenvalue weighted by Gasteiger charge is 2.06. The number of amides is 1. The SMILES string of the molecule is [CH2]C(CCCCCC)NC(=O)CCCCCCCCCCC. The summed E-state index contributed by atoms with van der Waals surface area (Å²) in [5.41, 5.74) is 0. The maximum Gasteiger partial charge on any atom is 0.220 e. The standard InChI is InChI=1S/C20H40NO/c1-4-6-8-10-11-12-13-14-16-18-20(22)21-19(3)17-15-9-7-5-2/h19H,3-18H2,1-2H3,(H,21,22). The summed E-state index contributed by atoms with van der Waals surface area (Å²) in [6.45, 7) is 8.51. The topological polar surface area (TPSA) is 29.1 Å². The fourth-order valence-electron chi connectivity index (χ4n) is 2.79. The molecule has 0 rings (SSSR count). The highest BCUT2D eigenvalue weighted by atomic mass is 16.1. The maximum atomic E-state index is 11.8. The summed E-state index contributed by atoms with van der Waals surface area (Å²) in [6.07, 6.45) is 18.4. The normalized spacial score (nSPS) is 12.3. The number of hydrogen-bond acceptors (Lipinski definition) is 1. The Morgan fingerprint density at radius 2 is 1.23 bits per heavy atom. The van der Waals surface area contributed by atoms with Crippen LogP contribution in [0.3, 0.4) is 0 Å². The Morgan fingerprint density at radius 3 is 1.77 bits per heavy atom. The van der Waals surface area contributed by atoms with Gasteiger partial charge >= 0.3 is 0 Å². The van der Waals surface area contributed by atoms with Gasteiger partial charge in [0.1, 0.15) is 0 Å². The molecule has 0 aromatic carbocycles. The average molecular weight is 311 g/mol. The number of hydrogen-bond donors (Lipinski definition) is 1.